The van der Waals surface area contributed by atoms with Crippen LogP contribution in [-0.2, 0) is 6.42 Å². The van der Waals surface area contributed by atoms with Crippen molar-refractivity contribution in [2.45, 2.75) is 103 Å². The van der Waals surface area contributed by atoms with E-state index < -0.39 is 8.07 Å². The molecule has 2 rings (SSSR count). The molecular formula is C27H44N2OSi. The van der Waals surface area contributed by atoms with Gasteiger partial charge in [-0.3, -0.25) is 0 Å². The number of hydrogen-bond donors (Lipinski definition) is 0. The molecule has 172 valence electrons. The van der Waals surface area contributed by atoms with Crippen molar-refractivity contribution >= 4 is 8.07 Å². The van der Waals surface area contributed by atoms with Crippen molar-refractivity contribution < 1.29 is 4.74 Å². The highest BCUT2D eigenvalue weighted by molar-refractivity contribution is 6.76. The molecule has 1 heterocycles. The predicted molar refractivity (Wildman–Crippen MR) is 137 cm³/mol. The average Bonchev–Trinajstić information content (AvgIpc) is 2.76. The topological polar surface area (TPSA) is 35.0 Å². The fourth-order valence-electron chi connectivity index (χ4n) is 3.74. The van der Waals surface area contributed by atoms with Gasteiger partial charge in [-0.25, -0.2) is 9.97 Å². The normalized spacial score (nSPS) is 11.6. The number of hydrogen-bond acceptors (Lipinski definition) is 3. The number of unbranched alkanes of at least 4 members (excludes halogenated alkanes) is 8. The van der Waals surface area contributed by atoms with Gasteiger partial charge >= 0.3 is 0 Å². The van der Waals surface area contributed by atoms with Crippen LogP contribution in [0, 0.1) is 0 Å². The van der Waals surface area contributed by atoms with E-state index in [1.54, 1.807) is 0 Å². The minimum Gasteiger partial charge on any atom is -0.494 e. The Balaban J connectivity index is 1.65. The summed E-state index contributed by atoms with van der Waals surface area (Å²) in [6, 6.07) is 9.64. The molecule has 0 aliphatic carbocycles. The predicted octanol–water partition coefficient (Wildman–Crippen LogP) is 8.32. The summed E-state index contributed by atoms with van der Waals surface area (Å²) in [7, 11) is -0.869. The van der Waals surface area contributed by atoms with Gasteiger partial charge in [0.15, 0.2) is 5.82 Å². The highest BCUT2D eigenvalue weighted by Crippen LogP contribution is 2.20. The molecule has 1 aromatic carbocycles. The number of aromatic nitrogens is 2. The summed E-state index contributed by atoms with van der Waals surface area (Å²) in [5.41, 5.74) is 2.29. The highest BCUT2D eigenvalue weighted by atomic mass is 28.3. The molecule has 2 aromatic rings. The van der Waals surface area contributed by atoms with Crippen molar-refractivity contribution in [3.8, 4) is 17.1 Å². The first kappa shape index (κ1) is 25.6. The first-order chi connectivity index (χ1) is 15.0. The van der Waals surface area contributed by atoms with Gasteiger partial charge < -0.3 is 4.74 Å². The lowest BCUT2D eigenvalue weighted by Crippen LogP contribution is -2.18. The summed E-state index contributed by atoms with van der Waals surface area (Å²) in [5, 5.41) is 0. The van der Waals surface area contributed by atoms with Crippen LogP contribution >= 0.6 is 0 Å². The van der Waals surface area contributed by atoms with Crippen LogP contribution in [-0.4, -0.2) is 24.6 Å². The zero-order chi connectivity index (χ0) is 22.4. The van der Waals surface area contributed by atoms with E-state index in [1.807, 2.05) is 24.5 Å². The number of nitrogens with zero attached hydrogens (tertiary/aromatic N) is 2. The zero-order valence-corrected chi connectivity index (χ0v) is 21.5. The first-order valence-electron chi connectivity index (χ1n) is 12.5. The van der Waals surface area contributed by atoms with E-state index in [2.05, 4.69) is 48.7 Å². The molecular weight excluding hydrogens is 396 g/mol. The van der Waals surface area contributed by atoms with Gasteiger partial charge in [0.25, 0.3) is 0 Å². The molecule has 0 bridgehead atoms. The second kappa shape index (κ2) is 14.4. The maximum Gasteiger partial charge on any atom is 0.159 e. The quantitative estimate of drug-likeness (QED) is 0.194. The van der Waals surface area contributed by atoms with Gasteiger partial charge in [-0.2, -0.15) is 0 Å². The molecule has 0 atom stereocenters. The Morgan fingerprint density at radius 1 is 0.742 bits per heavy atom. The maximum absolute atomic E-state index is 5.91. The molecule has 0 amide bonds. The fourth-order valence-corrected chi connectivity index (χ4v) is 5.05. The second-order valence-corrected chi connectivity index (χ2v) is 15.7. The number of rotatable bonds is 16. The van der Waals surface area contributed by atoms with E-state index in [4.69, 9.17) is 4.74 Å². The second-order valence-electron chi connectivity index (χ2n) is 10.0. The van der Waals surface area contributed by atoms with E-state index in [9.17, 15) is 0 Å². The lowest BCUT2D eigenvalue weighted by Gasteiger charge is -2.14. The minimum absolute atomic E-state index is 0.792. The van der Waals surface area contributed by atoms with Crippen LogP contribution in [0.4, 0.5) is 0 Å². The van der Waals surface area contributed by atoms with Gasteiger partial charge in [-0.15, -0.1) is 0 Å². The Morgan fingerprint density at radius 3 is 2.03 bits per heavy atom. The van der Waals surface area contributed by atoms with Crippen molar-refractivity contribution in [2.75, 3.05) is 6.61 Å². The summed E-state index contributed by atoms with van der Waals surface area (Å²) in [5.74, 6) is 1.73. The molecule has 31 heavy (non-hydrogen) atoms. The first-order valence-corrected chi connectivity index (χ1v) is 16.2. The van der Waals surface area contributed by atoms with Crippen LogP contribution in [0.2, 0.25) is 25.7 Å². The smallest absolute Gasteiger partial charge is 0.159 e. The van der Waals surface area contributed by atoms with Gasteiger partial charge in [0.05, 0.1) is 6.61 Å². The molecule has 4 heteroatoms. The van der Waals surface area contributed by atoms with Gasteiger partial charge in [0.1, 0.15) is 5.75 Å². The van der Waals surface area contributed by atoms with E-state index >= 15 is 0 Å². The Kier molecular flexibility index (Phi) is 11.9. The minimum atomic E-state index is -0.869. The van der Waals surface area contributed by atoms with Crippen LogP contribution in [0.15, 0.2) is 36.7 Å². The maximum atomic E-state index is 5.91. The van der Waals surface area contributed by atoms with Crippen LogP contribution < -0.4 is 4.74 Å². The number of aryl methyl sites for hydroxylation is 1. The molecule has 1 aromatic heterocycles. The Hall–Kier alpha value is -1.68. The Labute approximate surface area is 192 Å². The van der Waals surface area contributed by atoms with E-state index in [-0.39, 0.29) is 0 Å². The number of benzene rings is 1. The third kappa shape index (κ3) is 11.5. The molecule has 0 unspecified atom stereocenters. The largest absolute Gasteiger partial charge is 0.494 e. The third-order valence-electron chi connectivity index (χ3n) is 5.73. The average molecular weight is 441 g/mol. The van der Waals surface area contributed by atoms with E-state index in [1.165, 1.54) is 69.4 Å². The van der Waals surface area contributed by atoms with Gasteiger partial charge in [-0.05, 0) is 49.1 Å². The molecule has 0 fully saturated rings. The molecule has 0 spiro atoms. The lowest BCUT2D eigenvalue weighted by molar-refractivity contribution is 0.305. The van der Waals surface area contributed by atoms with E-state index in [0.29, 0.717) is 0 Å². The number of ether oxygens (including phenoxy) is 1. The summed E-state index contributed by atoms with van der Waals surface area (Å²) >= 11 is 0. The van der Waals surface area contributed by atoms with Gasteiger partial charge in [-0.1, -0.05) is 84.0 Å². The Morgan fingerprint density at radius 2 is 1.35 bits per heavy atom. The van der Waals surface area contributed by atoms with Crippen molar-refractivity contribution in [2.24, 2.45) is 0 Å². The van der Waals surface area contributed by atoms with Crippen molar-refractivity contribution in [1.82, 2.24) is 9.97 Å². The van der Waals surface area contributed by atoms with E-state index in [0.717, 1.165) is 36.6 Å². The molecule has 0 saturated heterocycles. The van der Waals surface area contributed by atoms with Crippen LogP contribution in [0.1, 0.15) is 76.7 Å². The molecule has 0 aliphatic rings. The molecule has 3 nitrogen and oxygen atoms in total. The van der Waals surface area contributed by atoms with Crippen LogP contribution in [0.25, 0.3) is 11.4 Å². The van der Waals surface area contributed by atoms with Crippen LogP contribution in [0.5, 0.6) is 5.75 Å². The Bertz CT molecular complexity index is 708. The van der Waals surface area contributed by atoms with Gasteiger partial charge in [0.2, 0.25) is 0 Å². The summed E-state index contributed by atoms with van der Waals surface area (Å²) < 4.78 is 5.91. The molecule has 0 N–H and O–H groups in total. The summed E-state index contributed by atoms with van der Waals surface area (Å²) in [4.78, 5) is 9.16. The van der Waals surface area contributed by atoms with Crippen molar-refractivity contribution in [3.63, 3.8) is 0 Å². The SMILES string of the molecule is CCCCCCCCc1cnc(-c2ccc(OCCCCCC[Si](C)(C)C)cc2)nc1. The zero-order valence-electron chi connectivity index (χ0n) is 20.5. The molecule has 0 saturated carbocycles. The third-order valence-corrected chi connectivity index (χ3v) is 7.58. The van der Waals surface area contributed by atoms with Crippen molar-refractivity contribution in [3.05, 3.63) is 42.2 Å². The molecule has 0 aliphatic heterocycles. The van der Waals surface area contributed by atoms with Crippen LogP contribution in [0.3, 0.4) is 0 Å². The molecule has 0 radical (unpaired) electrons. The lowest BCUT2D eigenvalue weighted by atomic mass is 10.1. The summed E-state index contributed by atoms with van der Waals surface area (Å²) in [6.07, 6.45) is 18.1. The highest BCUT2D eigenvalue weighted by Gasteiger charge is 2.11. The summed E-state index contributed by atoms with van der Waals surface area (Å²) in [6.45, 7) is 10.4. The monoisotopic (exact) mass is 440 g/mol. The van der Waals surface area contributed by atoms with Crippen molar-refractivity contribution in [1.29, 1.82) is 0 Å². The standard InChI is InChI=1S/C27H44N2OSi/c1-5-6-7-8-9-12-15-24-22-28-27(29-23-24)25-16-18-26(19-17-25)30-20-13-10-11-14-21-31(2,3)4/h16-19,22-23H,5-15,20-21H2,1-4H3. The fraction of sp³-hybridized carbons (Fsp3) is 0.630. The van der Waals surface area contributed by atoms with Gasteiger partial charge in [0, 0.05) is 26.0 Å².